The zero-order chi connectivity index (χ0) is 69.0. The summed E-state index contributed by atoms with van der Waals surface area (Å²) in [5, 5.41) is 17.9. The van der Waals surface area contributed by atoms with Gasteiger partial charge in [-0.3, -0.25) is 67.1 Å². The Morgan fingerprint density at radius 3 is 0.789 bits per heavy atom. The summed E-state index contributed by atoms with van der Waals surface area (Å²) in [4.78, 5) is 189. The van der Waals surface area contributed by atoms with Crippen LogP contribution >= 0.6 is 0 Å². The molecule has 0 aromatic carbocycles. The zero-order valence-electron chi connectivity index (χ0n) is 52.3. The predicted octanol–water partition coefficient (Wildman–Crippen LogP) is -10.7. The van der Waals surface area contributed by atoms with Gasteiger partial charge in [0.1, 0.15) is 18.1 Å². The highest BCUT2D eigenvalue weighted by Crippen LogP contribution is 2.25. The van der Waals surface area contributed by atoms with E-state index in [1.54, 1.807) is 20.8 Å². The molecule has 0 aromatic heterocycles. The van der Waals surface area contributed by atoms with E-state index < -0.39 is 198 Å². The molecule has 35 heteroatoms. The molecular formula is C55H105N21O14. The minimum atomic E-state index is -1.67. The molecule has 0 aliphatic heterocycles. The fourth-order valence-electron chi connectivity index (χ4n) is 8.65. The highest BCUT2D eigenvalue weighted by molar-refractivity contribution is 5.97. The maximum absolute atomic E-state index is 14.8. The van der Waals surface area contributed by atoms with Gasteiger partial charge >= 0.3 is 0 Å². The monoisotopic (exact) mass is 1280 g/mol. The van der Waals surface area contributed by atoms with E-state index in [-0.39, 0.29) is 123 Å². The van der Waals surface area contributed by atoms with E-state index in [2.05, 4.69) is 37.2 Å². The fourth-order valence-corrected chi connectivity index (χ4v) is 8.65. The normalized spacial score (nSPS) is 15.8. The average Bonchev–Trinajstić information content (AvgIpc) is 3.68. The van der Waals surface area contributed by atoms with Gasteiger partial charge in [0.15, 0.2) is 40.5 Å². The molecule has 90 heavy (non-hydrogen) atoms. The Morgan fingerprint density at radius 1 is 0.267 bits per heavy atom. The van der Waals surface area contributed by atoms with Crippen LogP contribution in [0.2, 0.25) is 0 Å². The Bertz CT molecular complexity index is 2400. The lowest BCUT2D eigenvalue weighted by atomic mass is 9.82. The van der Waals surface area contributed by atoms with Crippen molar-refractivity contribution in [1.82, 2.24) is 37.2 Å². The lowest BCUT2D eigenvalue weighted by Crippen LogP contribution is -2.57. The first-order valence-corrected chi connectivity index (χ1v) is 30.1. The minimum Gasteiger partial charge on any atom is -0.351 e. The summed E-state index contributed by atoms with van der Waals surface area (Å²) < 4.78 is 0. The number of carbonyl (C=O) groups excluding carboxylic acids is 14. The highest BCUT2D eigenvalue weighted by Gasteiger charge is 2.36. The molecule has 35 nitrogen and oxygen atoms in total. The van der Waals surface area contributed by atoms with Crippen LogP contribution in [0.15, 0.2) is 0 Å². The number of ketones is 7. The van der Waals surface area contributed by atoms with Gasteiger partial charge in [0, 0.05) is 116 Å². The summed E-state index contributed by atoms with van der Waals surface area (Å²) in [6.07, 6.45) is -5.84. The lowest BCUT2D eigenvalue weighted by molar-refractivity contribution is -0.134. The van der Waals surface area contributed by atoms with Crippen molar-refractivity contribution in [1.29, 1.82) is 0 Å². The molecule has 0 aromatic rings. The van der Waals surface area contributed by atoms with Crippen LogP contribution in [-0.4, -0.2) is 213 Å². The van der Waals surface area contributed by atoms with E-state index in [4.69, 9.17) is 80.3 Å². The molecule has 514 valence electrons. The van der Waals surface area contributed by atoms with Crippen molar-refractivity contribution in [2.75, 3.05) is 52.4 Å². The van der Waals surface area contributed by atoms with Gasteiger partial charge in [0.2, 0.25) is 41.4 Å². The molecule has 0 bridgehead atoms. The van der Waals surface area contributed by atoms with Crippen LogP contribution in [0.3, 0.4) is 0 Å². The van der Waals surface area contributed by atoms with E-state index in [0.29, 0.717) is 0 Å². The number of Topliss-reactive ketones (excluding diaryl/α,β-unsaturated/α-hetero) is 7. The van der Waals surface area contributed by atoms with Crippen LogP contribution in [0.25, 0.3) is 0 Å². The van der Waals surface area contributed by atoms with E-state index in [1.165, 1.54) is 0 Å². The van der Waals surface area contributed by atoms with E-state index in [0.717, 1.165) is 0 Å². The molecule has 0 aliphatic carbocycles. The van der Waals surface area contributed by atoms with Gasteiger partial charge in [-0.1, -0.05) is 20.8 Å². The first-order valence-electron chi connectivity index (χ1n) is 30.1. The summed E-state index contributed by atoms with van der Waals surface area (Å²) in [5.41, 5.74) is 78.6. The Balaban J connectivity index is 7.72. The summed E-state index contributed by atoms with van der Waals surface area (Å²) >= 11 is 0. The Morgan fingerprint density at radius 2 is 0.489 bits per heavy atom. The largest absolute Gasteiger partial charge is 0.351 e. The van der Waals surface area contributed by atoms with Crippen molar-refractivity contribution < 1.29 is 67.1 Å². The summed E-state index contributed by atoms with van der Waals surface area (Å²) in [6.45, 7) is 3.24. The van der Waals surface area contributed by atoms with E-state index in [1.807, 2.05) is 0 Å². The molecule has 0 heterocycles. The zero-order valence-corrected chi connectivity index (χ0v) is 52.3. The topological polar surface area (TPSA) is 687 Å². The van der Waals surface area contributed by atoms with Crippen molar-refractivity contribution >= 4 is 81.8 Å². The van der Waals surface area contributed by atoms with Crippen LogP contribution in [-0.2, 0) is 67.1 Å². The van der Waals surface area contributed by atoms with Crippen molar-refractivity contribution in [2.24, 2.45) is 85.7 Å². The Labute approximate surface area is 524 Å². The van der Waals surface area contributed by atoms with Gasteiger partial charge in [0.05, 0.1) is 54.4 Å². The van der Waals surface area contributed by atoms with Gasteiger partial charge in [-0.25, -0.2) is 0 Å². The molecule has 7 amide bonds. The molecule has 35 N–H and O–H groups in total. The first kappa shape index (κ1) is 83.4. The number of carbonyl (C=O) groups is 14. The molecular weight excluding hydrogens is 1180 g/mol. The number of nitrogens with two attached hydrogens (primary N) is 14. The summed E-state index contributed by atoms with van der Waals surface area (Å²) in [5.74, 6) is -10.4. The van der Waals surface area contributed by atoms with Crippen LogP contribution in [0, 0.1) is 5.41 Å². The fraction of sp³-hybridized carbons (Fsp3) is 0.745. The van der Waals surface area contributed by atoms with Crippen molar-refractivity contribution in [3.63, 3.8) is 0 Å². The van der Waals surface area contributed by atoms with Crippen LogP contribution in [0.1, 0.15) is 124 Å². The Kier molecular flexibility index (Phi) is 40.8. The third-order valence-corrected chi connectivity index (χ3v) is 14.8. The third-order valence-electron chi connectivity index (χ3n) is 14.8. The molecule has 0 fully saturated rings. The molecule has 0 saturated carbocycles. The van der Waals surface area contributed by atoms with Crippen molar-refractivity contribution in [3.8, 4) is 0 Å². The smallest absolute Gasteiger partial charge is 0.243 e. The van der Waals surface area contributed by atoms with E-state index in [9.17, 15) is 67.1 Å². The quantitative estimate of drug-likeness (QED) is 0.0269. The average molecular weight is 1280 g/mol. The van der Waals surface area contributed by atoms with Gasteiger partial charge in [-0.05, 0) is 50.4 Å². The van der Waals surface area contributed by atoms with Gasteiger partial charge < -0.3 is 117 Å². The molecule has 13 atom stereocenters. The molecule has 0 aliphatic rings. The Hall–Kier alpha value is -6.58. The molecule has 0 rings (SSSR count). The summed E-state index contributed by atoms with van der Waals surface area (Å²) in [6, 6.07) is -17.0. The van der Waals surface area contributed by atoms with Gasteiger partial charge in [0.25, 0.3) is 0 Å². The number of rotatable bonds is 50. The standard InChI is InChI=1S/C55H105N21O14/c1-55(2,3)47(76-54(90)39(75-52(88)37(71-49(85)19-21-57)7-12-42(79)30(66)24-60)9-15-45(82)35(72-50(86)32(68)26-62)5-11-41(78)29(65)23-59)17-16-46(83)36(6-14-44(81)34(70-48(84)18-20-56)4-10-40(77)28(64)22-58)73-53(89)38(74-51(87)33(69)27-63)8-13-43(80)31(67)25-61/h28-39,47H,4-27,56-69H2,1-3H3,(H,70,84)(H,71,85)(H,72,86)(H,73,89)(H,74,87)(H,75,88)(H,76,90). The summed E-state index contributed by atoms with van der Waals surface area (Å²) in [7, 11) is 0. The second kappa shape index (κ2) is 44.0. The lowest BCUT2D eigenvalue weighted by Gasteiger charge is -2.34. The molecule has 0 radical (unpaired) electrons. The second-order valence-electron chi connectivity index (χ2n) is 23.1. The third kappa shape index (κ3) is 31.9. The number of amides is 7. The maximum Gasteiger partial charge on any atom is 0.243 e. The van der Waals surface area contributed by atoms with Crippen LogP contribution < -0.4 is 117 Å². The first-order chi connectivity index (χ1) is 42.2. The van der Waals surface area contributed by atoms with E-state index >= 15 is 0 Å². The SMILES string of the molecule is CC(C)(C)C(CCC(=O)C(CCC(=O)C(CCC(=O)C(N)CN)NC(=O)CCN)NC(=O)C(CCC(=O)C(N)CN)NC(=O)C(N)CN)NC(=O)C(CCC(=O)C(CCC(=O)C(N)CN)NC(=O)C(N)CN)NC(=O)C(CCC(=O)C(N)CN)NC(=O)CCN. The molecule has 0 spiro atoms. The van der Waals surface area contributed by atoms with Crippen LogP contribution in [0.5, 0.6) is 0 Å². The number of hydrogen-bond acceptors (Lipinski definition) is 28. The van der Waals surface area contributed by atoms with Gasteiger partial charge in [-0.15, -0.1) is 0 Å². The van der Waals surface area contributed by atoms with Gasteiger partial charge in [-0.2, -0.15) is 0 Å². The number of hydrogen-bond donors (Lipinski definition) is 21. The van der Waals surface area contributed by atoms with Crippen molar-refractivity contribution in [2.45, 2.75) is 202 Å². The molecule has 0 saturated heterocycles. The number of nitrogens with one attached hydrogen (secondary N) is 7. The predicted molar refractivity (Wildman–Crippen MR) is 332 cm³/mol. The van der Waals surface area contributed by atoms with Crippen LogP contribution in [0.4, 0.5) is 0 Å². The maximum atomic E-state index is 14.8. The highest BCUT2D eigenvalue weighted by atomic mass is 16.2. The minimum absolute atomic E-state index is 0.0937. The second-order valence-corrected chi connectivity index (χ2v) is 23.1. The van der Waals surface area contributed by atoms with Crippen molar-refractivity contribution in [3.05, 3.63) is 0 Å². The molecule has 13 unspecified atom stereocenters.